The number of hydrogen-bond donors (Lipinski definition) is 2. The van der Waals surface area contributed by atoms with Crippen molar-refractivity contribution in [3.8, 4) is 0 Å². The standard InChI is InChI=1S/C20H33FN4O2S.HI/c1-16(14-25-9-5-4-6-10-25)12-23-20(22-2)24-13-18-11-19(21)8-7-17(18)15-28(3,26)27;/h7-8,11,16H,4-6,9-10,12-15H2,1-3H3,(H2,22,23,24);1H. The minimum atomic E-state index is -3.19. The van der Waals surface area contributed by atoms with E-state index in [9.17, 15) is 12.8 Å². The van der Waals surface area contributed by atoms with E-state index in [4.69, 9.17) is 0 Å². The van der Waals surface area contributed by atoms with Crippen LogP contribution in [0.3, 0.4) is 0 Å². The molecule has 0 radical (unpaired) electrons. The van der Waals surface area contributed by atoms with Gasteiger partial charge < -0.3 is 15.5 Å². The van der Waals surface area contributed by atoms with Crippen LogP contribution in [0.15, 0.2) is 23.2 Å². The number of piperidine rings is 1. The predicted octanol–water partition coefficient (Wildman–Crippen LogP) is 2.78. The Balaban J connectivity index is 0.00000420. The average Bonchev–Trinajstić information content (AvgIpc) is 2.63. The van der Waals surface area contributed by atoms with E-state index in [0.29, 0.717) is 29.5 Å². The van der Waals surface area contributed by atoms with E-state index in [2.05, 4.69) is 27.4 Å². The van der Waals surface area contributed by atoms with E-state index < -0.39 is 9.84 Å². The molecule has 1 aliphatic heterocycles. The summed E-state index contributed by atoms with van der Waals surface area (Å²) >= 11 is 0. The van der Waals surface area contributed by atoms with E-state index in [0.717, 1.165) is 13.1 Å². The highest BCUT2D eigenvalue weighted by molar-refractivity contribution is 14.0. The number of likely N-dealkylation sites (tertiary alicyclic amines) is 1. The maximum absolute atomic E-state index is 13.6. The lowest BCUT2D eigenvalue weighted by atomic mass is 10.1. The molecule has 2 N–H and O–H groups in total. The lowest BCUT2D eigenvalue weighted by Gasteiger charge is -2.29. The fourth-order valence-electron chi connectivity index (χ4n) is 3.50. The quantitative estimate of drug-likeness (QED) is 0.302. The number of nitrogens with one attached hydrogen (secondary N) is 2. The topological polar surface area (TPSA) is 73.8 Å². The van der Waals surface area contributed by atoms with E-state index in [1.807, 2.05) is 0 Å². The molecule has 166 valence electrons. The van der Waals surface area contributed by atoms with E-state index >= 15 is 0 Å². The van der Waals surface area contributed by atoms with Gasteiger partial charge in [0.2, 0.25) is 0 Å². The largest absolute Gasteiger partial charge is 0.356 e. The van der Waals surface area contributed by atoms with Crippen LogP contribution in [0.2, 0.25) is 0 Å². The second-order valence-corrected chi connectivity index (χ2v) is 9.90. The Bertz CT molecular complexity index is 768. The van der Waals surface area contributed by atoms with Gasteiger partial charge in [0.25, 0.3) is 0 Å². The number of hydrogen-bond acceptors (Lipinski definition) is 4. The van der Waals surface area contributed by atoms with Crippen LogP contribution < -0.4 is 10.6 Å². The molecule has 1 fully saturated rings. The van der Waals surface area contributed by atoms with Crippen molar-refractivity contribution in [2.75, 3.05) is 39.5 Å². The van der Waals surface area contributed by atoms with Gasteiger partial charge in [-0.15, -0.1) is 24.0 Å². The van der Waals surface area contributed by atoms with Crippen LogP contribution in [0.1, 0.15) is 37.3 Å². The van der Waals surface area contributed by atoms with Gasteiger partial charge in [-0.1, -0.05) is 19.4 Å². The second-order valence-electron chi connectivity index (χ2n) is 7.76. The molecule has 1 atom stereocenters. The monoisotopic (exact) mass is 540 g/mol. The molecule has 0 saturated carbocycles. The van der Waals surface area contributed by atoms with Gasteiger partial charge in [0.1, 0.15) is 5.82 Å². The lowest BCUT2D eigenvalue weighted by Crippen LogP contribution is -2.42. The number of aliphatic imine (C=N–C) groups is 1. The molecule has 0 aromatic heterocycles. The average molecular weight is 540 g/mol. The van der Waals surface area contributed by atoms with Crippen molar-refractivity contribution in [1.82, 2.24) is 15.5 Å². The molecule has 1 saturated heterocycles. The molecule has 0 aliphatic carbocycles. The zero-order valence-corrected chi connectivity index (χ0v) is 20.7. The van der Waals surface area contributed by atoms with Gasteiger partial charge in [-0.3, -0.25) is 4.99 Å². The van der Waals surface area contributed by atoms with Crippen LogP contribution in [0.25, 0.3) is 0 Å². The summed E-state index contributed by atoms with van der Waals surface area (Å²) in [6.07, 6.45) is 5.08. The number of nitrogens with zero attached hydrogens (tertiary/aromatic N) is 2. The van der Waals surface area contributed by atoms with Gasteiger partial charge in [0, 0.05) is 32.9 Å². The molecule has 1 heterocycles. The Morgan fingerprint density at radius 1 is 1.21 bits per heavy atom. The summed E-state index contributed by atoms with van der Waals surface area (Å²) in [4.78, 5) is 6.73. The van der Waals surface area contributed by atoms with Gasteiger partial charge in [0.15, 0.2) is 15.8 Å². The van der Waals surface area contributed by atoms with Crippen LogP contribution in [0, 0.1) is 11.7 Å². The first kappa shape index (κ1) is 26.1. The van der Waals surface area contributed by atoms with Gasteiger partial charge in [-0.05, 0) is 55.1 Å². The molecule has 29 heavy (non-hydrogen) atoms. The Morgan fingerprint density at radius 2 is 1.90 bits per heavy atom. The van der Waals surface area contributed by atoms with Crippen LogP contribution >= 0.6 is 24.0 Å². The Kier molecular flexibility index (Phi) is 11.4. The van der Waals surface area contributed by atoms with Crippen LogP contribution in [-0.4, -0.2) is 58.8 Å². The van der Waals surface area contributed by atoms with E-state index in [1.54, 1.807) is 7.05 Å². The molecule has 1 aliphatic rings. The molecule has 0 spiro atoms. The van der Waals surface area contributed by atoms with Crippen LogP contribution in [0.4, 0.5) is 4.39 Å². The lowest BCUT2D eigenvalue weighted by molar-refractivity contribution is 0.201. The van der Waals surface area contributed by atoms with Crippen molar-refractivity contribution in [2.45, 2.75) is 38.5 Å². The molecule has 0 bridgehead atoms. The maximum Gasteiger partial charge on any atom is 0.191 e. The molecule has 1 aromatic rings. The first-order valence-electron chi connectivity index (χ1n) is 9.88. The minimum absolute atomic E-state index is 0. The van der Waals surface area contributed by atoms with Crippen molar-refractivity contribution < 1.29 is 12.8 Å². The Hall–Kier alpha value is -0.940. The van der Waals surface area contributed by atoms with Gasteiger partial charge >= 0.3 is 0 Å². The zero-order valence-electron chi connectivity index (χ0n) is 17.6. The third-order valence-corrected chi connectivity index (χ3v) is 5.73. The van der Waals surface area contributed by atoms with Gasteiger partial charge in [-0.25, -0.2) is 12.8 Å². The molecule has 0 amide bonds. The first-order chi connectivity index (χ1) is 13.3. The van der Waals surface area contributed by atoms with Gasteiger partial charge in [-0.2, -0.15) is 0 Å². The van der Waals surface area contributed by atoms with Crippen molar-refractivity contribution in [2.24, 2.45) is 10.9 Å². The van der Waals surface area contributed by atoms with Crippen molar-refractivity contribution >= 4 is 39.8 Å². The van der Waals surface area contributed by atoms with Gasteiger partial charge in [0.05, 0.1) is 5.75 Å². The van der Waals surface area contributed by atoms with Crippen molar-refractivity contribution in [1.29, 1.82) is 0 Å². The number of halogens is 2. The van der Waals surface area contributed by atoms with Crippen LogP contribution in [-0.2, 0) is 22.1 Å². The molecule has 1 unspecified atom stereocenters. The summed E-state index contributed by atoms with van der Waals surface area (Å²) in [5.41, 5.74) is 1.22. The SMILES string of the molecule is CN=C(NCc1cc(F)ccc1CS(C)(=O)=O)NCC(C)CN1CCCCC1.I. The van der Waals surface area contributed by atoms with E-state index in [-0.39, 0.29) is 35.5 Å². The molecule has 1 aromatic carbocycles. The molecule has 6 nitrogen and oxygen atoms in total. The highest BCUT2D eigenvalue weighted by Gasteiger charge is 2.14. The maximum atomic E-state index is 13.6. The first-order valence-corrected chi connectivity index (χ1v) is 11.9. The number of rotatable bonds is 8. The highest BCUT2D eigenvalue weighted by atomic mass is 127. The Morgan fingerprint density at radius 3 is 2.52 bits per heavy atom. The highest BCUT2D eigenvalue weighted by Crippen LogP contribution is 2.14. The summed E-state index contributed by atoms with van der Waals surface area (Å²) in [6, 6.07) is 4.20. The molecular weight excluding hydrogens is 506 g/mol. The fourth-order valence-corrected chi connectivity index (χ4v) is 4.35. The smallest absolute Gasteiger partial charge is 0.191 e. The third kappa shape index (κ3) is 10.1. The van der Waals surface area contributed by atoms with Crippen molar-refractivity contribution in [3.63, 3.8) is 0 Å². The molecular formula is C20H34FIN4O2S. The summed E-state index contributed by atoms with van der Waals surface area (Å²) in [6.45, 7) is 6.73. The zero-order chi connectivity index (χ0) is 20.6. The van der Waals surface area contributed by atoms with E-state index in [1.165, 1.54) is 56.8 Å². The Labute approximate surface area is 191 Å². The summed E-state index contributed by atoms with van der Waals surface area (Å²) in [5, 5.41) is 6.47. The summed E-state index contributed by atoms with van der Waals surface area (Å²) in [5.74, 6) is 0.613. The second kappa shape index (κ2) is 12.7. The fraction of sp³-hybridized carbons (Fsp3) is 0.650. The van der Waals surface area contributed by atoms with Crippen LogP contribution in [0.5, 0.6) is 0 Å². The summed E-state index contributed by atoms with van der Waals surface area (Å²) < 4.78 is 36.9. The number of sulfone groups is 1. The van der Waals surface area contributed by atoms with Crippen molar-refractivity contribution in [3.05, 3.63) is 35.1 Å². The third-order valence-electron chi connectivity index (χ3n) is 4.89. The molecule has 9 heteroatoms. The minimum Gasteiger partial charge on any atom is -0.356 e. The predicted molar refractivity (Wildman–Crippen MR) is 128 cm³/mol. The normalized spacial score (nSPS) is 16.8. The number of benzene rings is 1. The molecule has 2 rings (SSSR count). The number of guanidine groups is 1. The summed E-state index contributed by atoms with van der Waals surface area (Å²) in [7, 11) is -1.50.